The summed E-state index contributed by atoms with van der Waals surface area (Å²) in [6, 6.07) is 0. The van der Waals surface area contributed by atoms with E-state index in [1.807, 2.05) is 0 Å². The molecule has 0 spiro atoms. The molecule has 1 rings (SSSR count). The molecule has 6 heteroatoms. The van der Waals surface area contributed by atoms with E-state index in [2.05, 4.69) is 10.5 Å². The standard InChI is InChI=1S/C10H21N3O3/c1-9(15,7-14)5-12-6-10(2-3-10)4-8(11)13-16/h12,14-16H,2-7H2,1H3,(H2,11,13). The Labute approximate surface area is 95.1 Å². The summed E-state index contributed by atoms with van der Waals surface area (Å²) in [6.07, 6.45) is 2.65. The normalized spacial score (nSPS) is 22.8. The minimum atomic E-state index is -1.09. The van der Waals surface area contributed by atoms with E-state index < -0.39 is 5.60 Å². The van der Waals surface area contributed by atoms with Gasteiger partial charge in [0.05, 0.1) is 12.2 Å². The van der Waals surface area contributed by atoms with Crippen LogP contribution in [-0.2, 0) is 0 Å². The highest BCUT2D eigenvalue weighted by molar-refractivity contribution is 5.80. The molecule has 1 atom stereocenters. The van der Waals surface area contributed by atoms with Gasteiger partial charge in [-0.15, -0.1) is 0 Å². The quantitative estimate of drug-likeness (QED) is 0.171. The molecule has 0 bridgehead atoms. The van der Waals surface area contributed by atoms with Crippen LogP contribution in [0.25, 0.3) is 0 Å². The van der Waals surface area contributed by atoms with E-state index in [1.165, 1.54) is 0 Å². The number of nitrogens with zero attached hydrogens (tertiary/aromatic N) is 1. The molecule has 94 valence electrons. The smallest absolute Gasteiger partial charge is 0.139 e. The van der Waals surface area contributed by atoms with Crippen LogP contribution in [0.4, 0.5) is 0 Å². The van der Waals surface area contributed by atoms with Crippen LogP contribution in [0, 0.1) is 5.41 Å². The van der Waals surface area contributed by atoms with Crippen molar-refractivity contribution in [2.75, 3.05) is 19.7 Å². The SMILES string of the molecule is CC(O)(CO)CNCC1(CC(N)=NO)CC1. The van der Waals surface area contributed by atoms with Crippen molar-refractivity contribution in [1.29, 1.82) is 0 Å². The molecule has 6 N–H and O–H groups in total. The largest absolute Gasteiger partial charge is 0.409 e. The summed E-state index contributed by atoms with van der Waals surface area (Å²) < 4.78 is 0. The van der Waals surface area contributed by atoms with Crippen LogP contribution in [-0.4, -0.2) is 46.6 Å². The predicted octanol–water partition coefficient (Wildman–Crippen LogP) is -0.764. The Balaban J connectivity index is 2.27. The number of nitrogens with two attached hydrogens (primary N) is 1. The molecule has 6 nitrogen and oxygen atoms in total. The molecule has 0 aromatic carbocycles. The fraction of sp³-hybridized carbons (Fsp3) is 0.900. The lowest BCUT2D eigenvalue weighted by Crippen LogP contribution is -2.43. The maximum Gasteiger partial charge on any atom is 0.139 e. The lowest BCUT2D eigenvalue weighted by atomic mass is 10.0. The zero-order valence-electron chi connectivity index (χ0n) is 9.61. The maximum absolute atomic E-state index is 9.57. The van der Waals surface area contributed by atoms with E-state index in [-0.39, 0.29) is 17.9 Å². The average molecular weight is 231 g/mol. The van der Waals surface area contributed by atoms with Crippen molar-refractivity contribution in [2.45, 2.75) is 31.8 Å². The molecular weight excluding hydrogens is 210 g/mol. The van der Waals surface area contributed by atoms with Crippen LogP contribution in [0.1, 0.15) is 26.2 Å². The van der Waals surface area contributed by atoms with Gasteiger partial charge in [-0.05, 0) is 25.2 Å². The third-order valence-corrected chi connectivity index (χ3v) is 2.99. The first kappa shape index (κ1) is 13.2. The van der Waals surface area contributed by atoms with E-state index >= 15 is 0 Å². The van der Waals surface area contributed by atoms with Gasteiger partial charge in [0.25, 0.3) is 0 Å². The summed E-state index contributed by atoms with van der Waals surface area (Å²) in [7, 11) is 0. The number of amidine groups is 1. The number of hydrogen-bond acceptors (Lipinski definition) is 5. The number of aliphatic hydroxyl groups is 2. The van der Waals surface area contributed by atoms with Gasteiger partial charge in [-0.25, -0.2) is 0 Å². The number of aliphatic hydroxyl groups excluding tert-OH is 1. The first-order chi connectivity index (χ1) is 7.43. The molecule has 0 aliphatic heterocycles. The first-order valence-electron chi connectivity index (χ1n) is 5.43. The van der Waals surface area contributed by atoms with Crippen molar-refractivity contribution in [1.82, 2.24) is 5.32 Å². The molecule has 1 fully saturated rings. The second-order valence-electron chi connectivity index (χ2n) is 5.03. The molecule has 0 saturated heterocycles. The predicted molar refractivity (Wildman–Crippen MR) is 60.3 cm³/mol. The molecule has 1 aliphatic rings. The Kier molecular flexibility index (Phi) is 4.12. The lowest BCUT2D eigenvalue weighted by Gasteiger charge is -2.23. The van der Waals surface area contributed by atoms with E-state index in [0.29, 0.717) is 19.5 Å². The van der Waals surface area contributed by atoms with Gasteiger partial charge in [-0.3, -0.25) is 0 Å². The molecule has 0 radical (unpaired) electrons. The number of oxime groups is 1. The fourth-order valence-electron chi connectivity index (χ4n) is 1.67. The van der Waals surface area contributed by atoms with Gasteiger partial charge < -0.3 is 26.5 Å². The highest BCUT2D eigenvalue weighted by atomic mass is 16.4. The van der Waals surface area contributed by atoms with Gasteiger partial charge in [-0.2, -0.15) is 0 Å². The Morgan fingerprint density at radius 2 is 2.19 bits per heavy atom. The van der Waals surface area contributed by atoms with Gasteiger partial charge in [0.1, 0.15) is 5.84 Å². The fourth-order valence-corrected chi connectivity index (χ4v) is 1.67. The van der Waals surface area contributed by atoms with Crippen LogP contribution in [0.15, 0.2) is 5.16 Å². The third kappa shape index (κ3) is 3.96. The molecule has 0 aromatic heterocycles. The monoisotopic (exact) mass is 231 g/mol. The topological polar surface area (TPSA) is 111 Å². The number of nitrogens with one attached hydrogen (secondary N) is 1. The van der Waals surface area contributed by atoms with Crippen molar-refractivity contribution in [3.8, 4) is 0 Å². The zero-order valence-corrected chi connectivity index (χ0v) is 9.61. The Morgan fingerprint density at radius 1 is 1.56 bits per heavy atom. The second-order valence-corrected chi connectivity index (χ2v) is 5.03. The van der Waals surface area contributed by atoms with E-state index in [1.54, 1.807) is 6.92 Å². The number of rotatable bonds is 7. The third-order valence-electron chi connectivity index (χ3n) is 2.99. The van der Waals surface area contributed by atoms with Crippen molar-refractivity contribution in [3.63, 3.8) is 0 Å². The molecule has 0 heterocycles. The van der Waals surface area contributed by atoms with Crippen LogP contribution < -0.4 is 11.1 Å². The van der Waals surface area contributed by atoms with Crippen molar-refractivity contribution < 1.29 is 15.4 Å². The minimum absolute atomic E-state index is 0.0713. The van der Waals surface area contributed by atoms with Crippen LogP contribution in [0.2, 0.25) is 0 Å². The maximum atomic E-state index is 9.57. The van der Waals surface area contributed by atoms with Crippen molar-refractivity contribution >= 4 is 5.84 Å². The Hall–Kier alpha value is -0.850. The van der Waals surface area contributed by atoms with E-state index in [0.717, 1.165) is 12.8 Å². The van der Waals surface area contributed by atoms with Crippen LogP contribution in [0.3, 0.4) is 0 Å². The van der Waals surface area contributed by atoms with Gasteiger partial charge >= 0.3 is 0 Å². The average Bonchev–Trinajstić information content (AvgIpc) is 2.98. The summed E-state index contributed by atoms with van der Waals surface area (Å²) in [5, 5.41) is 33.0. The summed E-state index contributed by atoms with van der Waals surface area (Å²) in [5.74, 6) is 0.244. The summed E-state index contributed by atoms with van der Waals surface area (Å²) >= 11 is 0. The molecule has 16 heavy (non-hydrogen) atoms. The molecule has 0 amide bonds. The number of hydrogen-bond donors (Lipinski definition) is 5. The highest BCUT2D eigenvalue weighted by Gasteiger charge is 2.43. The summed E-state index contributed by atoms with van der Waals surface area (Å²) in [4.78, 5) is 0. The van der Waals surface area contributed by atoms with Gasteiger partial charge in [-0.1, -0.05) is 5.16 Å². The van der Waals surface area contributed by atoms with Crippen LogP contribution in [0.5, 0.6) is 0 Å². The zero-order chi connectivity index (χ0) is 12.2. The van der Waals surface area contributed by atoms with E-state index in [4.69, 9.17) is 16.0 Å². The molecule has 0 aromatic rings. The highest BCUT2D eigenvalue weighted by Crippen LogP contribution is 2.48. The molecule has 1 aliphatic carbocycles. The Bertz CT molecular complexity index is 262. The van der Waals surface area contributed by atoms with Crippen molar-refractivity contribution in [2.24, 2.45) is 16.3 Å². The second kappa shape index (κ2) is 4.99. The molecule has 1 unspecified atom stereocenters. The van der Waals surface area contributed by atoms with Gasteiger partial charge in [0.2, 0.25) is 0 Å². The Morgan fingerprint density at radius 3 is 2.62 bits per heavy atom. The minimum Gasteiger partial charge on any atom is -0.409 e. The summed E-state index contributed by atoms with van der Waals surface area (Å²) in [6.45, 7) is 2.34. The van der Waals surface area contributed by atoms with Crippen LogP contribution >= 0.6 is 0 Å². The van der Waals surface area contributed by atoms with Gasteiger partial charge in [0, 0.05) is 19.5 Å². The van der Waals surface area contributed by atoms with Gasteiger partial charge in [0.15, 0.2) is 0 Å². The summed E-state index contributed by atoms with van der Waals surface area (Å²) in [5.41, 5.74) is 4.45. The van der Waals surface area contributed by atoms with E-state index in [9.17, 15) is 5.11 Å². The first-order valence-corrected chi connectivity index (χ1v) is 5.43. The van der Waals surface area contributed by atoms with Crippen molar-refractivity contribution in [3.05, 3.63) is 0 Å². The molecular formula is C10H21N3O3. The lowest BCUT2D eigenvalue weighted by molar-refractivity contribution is 0.00206. The molecule has 1 saturated carbocycles.